The second-order valence-corrected chi connectivity index (χ2v) is 5.77. The van der Waals surface area contributed by atoms with Gasteiger partial charge in [-0.1, -0.05) is 24.3 Å². The summed E-state index contributed by atoms with van der Waals surface area (Å²) in [6, 6.07) is 15.1. The van der Waals surface area contributed by atoms with Crippen LogP contribution >= 0.6 is 0 Å². The molecule has 2 amide bonds. The van der Waals surface area contributed by atoms with Crippen molar-refractivity contribution in [1.29, 1.82) is 0 Å². The van der Waals surface area contributed by atoms with Crippen molar-refractivity contribution in [1.82, 2.24) is 14.9 Å². The number of nitrogens with one attached hydrogen (secondary N) is 2. The second kappa shape index (κ2) is 8.71. The van der Waals surface area contributed by atoms with Crippen molar-refractivity contribution >= 4 is 11.7 Å². The summed E-state index contributed by atoms with van der Waals surface area (Å²) < 4.78 is 7.39. The minimum Gasteiger partial charge on any atom is -0.494 e. The van der Waals surface area contributed by atoms with Gasteiger partial charge in [-0.15, -0.1) is 0 Å². The van der Waals surface area contributed by atoms with E-state index in [9.17, 15) is 4.79 Å². The Morgan fingerprint density at radius 2 is 1.88 bits per heavy atom. The van der Waals surface area contributed by atoms with Crippen molar-refractivity contribution in [3.8, 4) is 5.75 Å². The summed E-state index contributed by atoms with van der Waals surface area (Å²) in [6.45, 7) is 3.72. The molecule has 0 saturated heterocycles. The zero-order valence-corrected chi connectivity index (χ0v) is 14.7. The van der Waals surface area contributed by atoms with Crippen molar-refractivity contribution in [2.45, 2.75) is 20.0 Å². The van der Waals surface area contributed by atoms with E-state index in [1.807, 2.05) is 60.2 Å². The van der Waals surface area contributed by atoms with Crippen LogP contribution in [0.3, 0.4) is 0 Å². The van der Waals surface area contributed by atoms with E-state index >= 15 is 0 Å². The summed E-state index contributed by atoms with van der Waals surface area (Å²) in [6.07, 6.45) is 5.46. The van der Waals surface area contributed by atoms with Crippen molar-refractivity contribution in [3.63, 3.8) is 0 Å². The fourth-order valence-electron chi connectivity index (χ4n) is 2.61. The maximum atomic E-state index is 12.2. The zero-order valence-electron chi connectivity index (χ0n) is 14.7. The van der Waals surface area contributed by atoms with E-state index in [0.29, 0.717) is 13.2 Å². The Labute approximate surface area is 152 Å². The molecule has 0 atom stereocenters. The Kier molecular flexibility index (Phi) is 5.88. The number of aromatic nitrogens is 2. The molecule has 0 saturated carbocycles. The molecular formula is C20H22N4O2. The first-order valence-electron chi connectivity index (χ1n) is 8.55. The summed E-state index contributed by atoms with van der Waals surface area (Å²) >= 11 is 0. The zero-order chi connectivity index (χ0) is 18.2. The van der Waals surface area contributed by atoms with E-state index in [0.717, 1.165) is 29.1 Å². The molecule has 0 radical (unpaired) electrons. The fraction of sp³-hybridized carbons (Fsp3) is 0.200. The van der Waals surface area contributed by atoms with Crippen LogP contribution < -0.4 is 15.4 Å². The summed E-state index contributed by atoms with van der Waals surface area (Å²) in [4.78, 5) is 16.2. The van der Waals surface area contributed by atoms with Crippen molar-refractivity contribution in [3.05, 3.63) is 78.4 Å². The van der Waals surface area contributed by atoms with Crippen LogP contribution in [-0.2, 0) is 13.1 Å². The van der Waals surface area contributed by atoms with Crippen molar-refractivity contribution < 1.29 is 9.53 Å². The lowest BCUT2D eigenvalue weighted by atomic mass is 10.1. The maximum Gasteiger partial charge on any atom is 0.319 e. The molecule has 2 N–H and O–H groups in total. The Bertz CT molecular complexity index is 829. The first-order valence-corrected chi connectivity index (χ1v) is 8.55. The third kappa shape index (κ3) is 4.86. The van der Waals surface area contributed by atoms with Gasteiger partial charge >= 0.3 is 6.03 Å². The molecule has 1 aromatic heterocycles. The van der Waals surface area contributed by atoms with E-state index in [-0.39, 0.29) is 6.03 Å². The van der Waals surface area contributed by atoms with Gasteiger partial charge in [0, 0.05) is 31.2 Å². The van der Waals surface area contributed by atoms with Gasteiger partial charge in [-0.2, -0.15) is 0 Å². The number of rotatable bonds is 7. The lowest BCUT2D eigenvalue weighted by molar-refractivity contribution is 0.251. The van der Waals surface area contributed by atoms with Gasteiger partial charge in [-0.05, 0) is 42.3 Å². The molecule has 134 valence electrons. The lowest BCUT2D eigenvalue weighted by Crippen LogP contribution is -2.28. The highest BCUT2D eigenvalue weighted by molar-refractivity contribution is 5.89. The number of imidazole rings is 1. The molecule has 0 aliphatic carbocycles. The molecule has 2 aromatic carbocycles. The molecule has 0 spiro atoms. The molecule has 26 heavy (non-hydrogen) atoms. The topological polar surface area (TPSA) is 68.2 Å². The van der Waals surface area contributed by atoms with E-state index < -0.39 is 0 Å². The third-order valence-corrected chi connectivity index (χ3v) is 3.89. The van der Waals surface area contributed by atoms with Crippen LogP contribution in [0, 0.1) is 0 Å². The fourth-order valence-corrected chi connectivity index (χ4v) is 2.61. The average Bonchev–Trinajstić information content (AvgIpc) is 3.16. The predicted octanol–water partition coefficient (Wildman–Crippen LogP) is 3.65. The van der Waals surface area contributed by atoms with Crippen LogP contribution in [0.25, 0.3) is 0 Å². The van der Waals surface area contributed by atoms with Gasteiger partial charge in [0.05, 0.1) is 12.9 Å². The normalized spacial score (nSPS) is 10.3. The molecular weight excluding hydrogens is 328 g/mol. The van der Waals surface area contributed by atoms with Gasteiger partial charge < -0.3 is 19.9 Å². The number of nitrogens with zero attached hydrogens (tertiary/aromatic N) is 2. The number of hydrogen-bond donors (Lipinski definition) is 2. The molecule has 1 heterocycles. The molecule has 0 aliphatic rings. The third-order valence-electron chi connectivity index (χ3n) is 3.89. The standard InChI is InChI=1S/C20H22N4O2/c1-2-26-19-9-7-18(8-10-19)23-20(25)22-13-16-5-3-4-6-17(16)14-24-12-11-21-15-24/h3-12,15H,2,13-14H2,1H3,(H2,22,23,25). The molecule has 0 aliphatic heterocycles. The SMILES string of the molecule is CCOc1ccc(NC(=O)NCc2ccccc2Cn2ccnc2)cc1. The largest absolute Gasteiger partial charge is 0.494 e. The summed E-state index contributed by atoms with van der Waals surface area (Å²) in [5.74, 6) is 0.784. The number of carbonyl (C=O) groups is 1. The second-order valence-electron chi connectivity index (χ2n) is 5.77. The maximum absolute atomic E-state index is 12.2. The van der Waals surface area contributed by atoms with E-state index in [1.54, 1.807) is 12.5 Å². The minimum absolute atomic E-state index is 0.244. The number of benzene rings is 2. The van der Waals surface area contributed by atoms with E-state index in [1.165, 1.54) is 0 Å². The van der Waals surface area contributed by atoms with Gasteiger partial charge in [-0.3, -0.25) is 0 Å². The van der Waals surface area contributed by atoms with E-state index in [4.69, 9.17) is 4.74 Å². The molecule has 6 nitrogen and oxygen atoms in total. The van der Waals surface area contributed by atoms with Crippen LogP contribution in [-0.4, -0.2) is 22.2 Å². The minimum atomic E-state index is -0.244. The Morgan fingerprint density at radius 1 is 1.12 bits per heavy atom. The molecule has 3 rings (SSSR count). The van der Waals surface area contributed by atoms with Gasteiger partial charge in [0.2, 0.25) is 0 Å². The molecule has 3 aromatic rings. The highest BCUT2D eigenvalue weighted by Crippen LogP contribution is 2.15. The smallest absolute Gasteiger partial charge is 0.319 e. The number of hydrogen-bond acceptors (Lipinski definition) is 3. The summed E-state index contributed by atoms with van der Waals surface area (Å²) in [7, 11) is 0. The van der Waals surface area contributed by atoms with Crippen LogP contribution in [0.4, 0.5) is 10.5 Å². The van der Waals surface area contributed by atoms with Gasteiger partial charge in [0.15, 0.2) is 0 Å². The monoisotopic (exact) mass is 350 g/mol. The summed E-state index contributed by atoms with van der Waals surface area (Å²) in [5.41, 5.74) is 2.94. The molecule has 6 heteroatoms. The van der Waals surface area contributed by atoms with Crippen LogP contribution in [0.15, 0.2) is 67.3 Å². The Balaban J connectivity index is 1.56. The van der Waals surface area contributed by atoms with Gasteiger partial charge in [0.1, 0.15) is 5.75 Å². The highest BCUT2D eigenvalue weighted by Gasteiger charge is 2.06. The van der Waals surface area contributed by atoms with Gasteiger partial charge in [0.25, 0.3) is 0 Å². The Morgan fingerprint density at radius 3 is 2.58 bits per heavy atom. The number of carbonyl (C=O) groups excluding carboxylic acids is 1. The lowest BCUT2D eigenvalue weighted by Gasteiger charge is -2.12. The summed E-state index contributed by atoms with van der Waals surface area (Å²) in [5, 5.41) is 5.73. The highest BCUT2D eigenvalue weighted by atomic mass is 16.5. The average molecular weight is 350 g/mol. The molecule has 0 bridgehead atoms. The molecule has 0 fully saturated rings. The van der Waals surface area contributed by atoms with Crippen LogP contribution in [0.2, 0.25) is 0 Å². The van der Waals surface area contributed by atoms with Crippen LogP contribution in [0.1, 0.15) is 18.1 Å². The molecule has 0 unspecified atom stereocenters. The number of amides is 2. The van der Waals surface area contributed by atoms with Crippen LogP contribution in [0.5, 0.6) is 5.75 Å². The first-order chi connectivity index (χ1) is 12.7. The first kappa shape index (κ1) is 17.5. The number of urea groups is 1. The Hall–Kier alpha value is -3.28. The number of ether oxygens (including phenoxy) is 1. The quantitative estimate of drug-likeness (QED) is 0.683. The predicted molar refractivity (Wildman–Crippen MR) is 101 cm³/mol. The van der Waals surface area contributed by atoms with Gasteiger partial charge in [-0.25, -0.2) is 9.78 Å². The van der Waals surface area contributed by atoms with Crippen molar-refractivity contribution in [2.24, 2.45) is 0 Å². The number of anilines is 1. The van der Waals surface area contributed by atoms with Crippen molar-refractivity contribution in [2.75, 3.05) is 11.9 Å². The van der Waals surface area contributed by atoms with E-state index in [2.05, 4.69) is 21.7 Å².